The Kier molecular flexibility index (Phi) is 2.96. The van der Waals surface area contributed by atoms with Crippen LogP contribution in [0.15, 0.2) is 48.8 Å². The molecule has 0 fully saturated rings. The molecule has 0 spiro atoms. The van der Waals surface area contributed by atoms with Gasteiger partial charge in [0.15, 0.2) is 0 Å². The molecule has 0 amide bonds. The van der Waals surface area contributed by atoms with Crippen LogP contribution in [0.4, 0.5) is 0 Å². The molecule has 2 rings (SSSR count). The van der Waals surface area contributed by atoms with Crippen molar-refractivity contribution in [2.75, 3.05) is 7.11 Å². The van der Waals surface area contributed by atoms with Gasteiger partial charge in [-0.15, -0.1) is 0 Å². The lowest BCUT2D eigenvalue weighted by Crippen LogP contribution is -2.00. The summed E-state index contributed by atoms with van der Waals surface area (Å²) in [7, 11) is 1.38. The van der Waals surface area contributed by atoms with Gasteiger partial charge in [-0.05, 0) is 35.4 Å². The van der Waals surface area contributed by atoms with Crippen LogP contribution in [0.2, 0.25) is 0 Å². The number of ether oxygens (including phenoxy) is 1. The third-order valence-corrected chi connectivity index (χ3v) is 2.30. The van der Waals surface area contributed by atoms with E-state index in [1.54, 1.807) is 24.5 Å². The lowest BCUT2D eigenvalue weighted by Gasteiger charge is -2.03. The van der Waals surface area contributed by atoms with Gasteiger partial charge in [-0.1, -0.05) is 12.1 Å². The van der Waals surface area contributed by atoms with Crippen LogP contribution in [0.3, 0.4) is 0 Å². The SMILES string of the molecule is COC(=O)c1cccc(-c2ccncc2)c1. The van der Waals surface area contributed by atoms with Crippen LogP contribution in [0.1, 0.15) is 10.4 Å². The number of carbonyl (C=O) groups is 1. The van der Waals surface area contributed by atoms with E-state index in [4.69, 9.17) is 0 Å². The fraction of sp³-hybridized carbons (Fsp3) is 0.0769. The maximum atomic E-state index is 11.4. The molecule has 1 aromatic heterocycles. The van der Waals surface area contributed by atoms with Crippen molar-refractivity contribution >= 4 is 5.97 Å². The Balaban J connectivity index is 2.40. The van der Waals surface area contributed by atoms with Crippen molar-refractivity contribution < 1.29 is 9.53 Å². The fourth-order valence-corrected chi connectivity index (χ4v) is 1.49. The van der Waals surface area contributed by atoms with E-state index in [2.05, 4.69) is 9.72 Å². The third kappa shape index (κ3) is 2.08. The molecule has 16 heavy (non-hydrogen) atoms. The molecule has 1 heterocycles. The Hall–Kier alpha value is -2.16. The minimum Gasteiger partial charge on any atom is -0.465 e. The minimum absolute atomic E-state index is 0.323. The number of benzene rings is 1. The van der Waals surface area contributed by atoms with Crippen LogP contribution in [-0.2, 0) is 4.74 Å². The average Bonchev–Trinajstić information content (AvgIpc) is 2.39. The molecule has 0 N–H and O–H groups in total. The fourth-order valence-electron chi connectivity index (χ4n) is 1.49. The number of aromatic nitrogens is 1. The lowest BCUT2D eigenvalue weighted by molar-refractivity contribution is 0.0601. The second-order valence-corrected chi connectivity index (χ2v) is 3.31. The molecule has 3 nitrogen and oxygen atoms in total. The molecule has 2 aromatic rings. The van der Waals surface area contributed by atoms with Crippen LogP contribution in [0.5, 0.6) is 0 Å². The van der Waals surface area contributed by atoms with Crippen molar-refractivity contribution in [2.45, 2.75) is 0 Å². The third-order valence-electron chi connectivity index (χ3n) is 2.30. The maximum Gasteiger partial charge on any atom is 0.337 e. The first-order chi connectivity index (χ1) is 7.81. The largest absolute Gasteiger partial charge is 0.465 e. The second kappa shape index (κ2) is 4.57. The van der Waals surface area contributed by atoms with Gasteiger partial charge in [0.05, 0.1) is 12.7 Å². The molecule has 0 aliphatic rings. The van der Waals surface area contributed by atoms with Crippen molar-refractivity contribution in [1.29, 1.82) is 0 Å². The smallest absolute Gasteiger partial charge is 0.337 e. The summed E-state index contributed by atoms with van der Waals surface area (Å²) in [5, 5.41) is 0. The molecule has 0 aliphatic heterocycles. The first-order valence-electron chi connectivity index (χ1n) is 4.90. The van der Waals surface area contributed by atoms with Crippen LogP contribution in [0, 0.1) is 0 Å². The summed E-state index contributed by atoms with van der Waals surface area (Å²) in [4.78, 5) is 15.3. The van der Waals surface area contributed by atoms with Gasteiger partial charge in [0.2, 0.25) is 0 Å². The van der Waals surface area contributed by atoms with Crippen LogP contribution in [-0.4, -0.2) is 18.1 Å². The van der Waals surface area contributed by atoms with Crippen LogP contribution in [0.25, 0.3) is 11.1 Å². The lowest BCUT2D eigenvalue weighted by atomic mass is 10.0. The normalized spacial score (nSPS) is 9.81. The summed E-state index contributed by atoms with van der Waals surface area (Å²) in [6, 6.07) is 11.1. The summed E-state index contributed by atoms with van der Waals surface area (Å²) in [6.45, 7) is 0. The standard InChI is InChI=1S/C13H11NO2/c1-16-13(15)12-4-2-3-11(9-12)10-5-7-14-8-6-10/h2-9H,1H3. The molecule has 3 heteroatoms. The van der Waals surface area contributed by atoms with Crippen molar-refractivity contribution in [3.63, 3.8) is 0 Å². The summed E-state index contributed by atoms with van der Waals surface area (Å²) >= 11 is 0. The topological polar surface area (TPSA) is 39.2 Å². The Morgan fingerprint density at radius 1 is 1.12 bits per heavy atom. The van der Waals surface area contributed by atoms with Gasteiger partial charge >= 0.3 is 5.97 Å². The predicted octanol–water partition coefficient (Wildman–Crippen LogP) is 2.54. The molecule has 0 atom stereocenters. The van der Waals surface area contributed by atoms with Gasteiger partial charge in [-0.3, -0.25) is 4.98 Å². The second-order valence-electron chi connectivity index (χ2n) is 3.31. The van der Waals surface area contributed by atoms with E-state index in [9.17, 15) is 4.79 Å². The Labute approximate surface area is 93.7 Å². The summed E-state index contributed by atoms with van der Waals surface area (Å²) in [5.41, 5.74) is 2.56. The maximum absolute atomic E-state index is 11.4. The Morgan fingerprint density at radius 3 is 2.56 bits per heavy atom. The molecule has 0 aliphatic carbocycles. The Morgan fingerprint density at radius 2 is 1.88 bits per heavy atom. The zero-order chi connectivity index (χ0) is 11.4. The number of nitrogens with zero attached hydrogens (tertiary/aromatic N) is 1. The average molecular weight is 213 g/mol. The molecular weight excluding hydrogens is 202 g/mol. The first-order valence-corrected chi connectivity index (χ1v) is 4.90. The molecule has 0 saturated heterocycles. The molecule has 0 saturated carbocycles. The van der Waals surface area contributed by atoms with Gasteiger partial charge in [-0.2, -0.15) is 0 Å². The van der Waals surface area contributed by atoms with Crippen molar-refractivity contribution in [2.24, 2.45) is 0 Å². The van der Waals surface area contributed by atoms with Crippen molar-refractivity contribution in [3.05, 3.63) is 54.4 Å². The highest BCUT2D eigenvalue weighted by Gasteiger charge is 2.06. The first kappa shape index (κ1) is 10.4. The van der Waals surface area contributed by atoms with Gasteiger partial charge < -0.3 is 4.74 Å². The summed E-state index contributed by atoms with van der Waals surface area (Å²) in [5.74, 6) is -0.323. The van der Waals surface area contributed by atoms with E-state index >= 15 is 0 Å². The van der Waals surface area contributed by atoms with E-state index in [0.717, 1.165) is 11.1 Å². The molecule has 0 radical (unpaired) electrons. The highest BCUT2D eigenvalue weighted by molar-refractivity contribution is 5.90. The summed E-state index contributed by atoms with van der Waals surface area (Å²) < 4.78 is 4.68. The zero-order valence-corrected chi connectivity index (χ0v) is 8.88. The van der Waals surface area contributed by atoms with E-state index in [1.165, 1.54) is 7.11 Å². The molecule has 80 valence electrons. The zero-order valence-electron chi connectivity index (χ0n) is 8.88. The van der Waals surface area contributed by atoms with Gasteiger partial charge in [0.1, 0.15) is 0 Å². The Bertz CT molecular complexity index is 494. The molecule has 1 aromatic carbocycles. The predicted molar refractivity (Wildman–Crippen MR) is 61.0 cm³/mol. The van der Waals surface area contributed by atoms with E-state index < -0.39 is 0 Å². The van der Waals surface area contributed by atoms with E-state index in [1.807, 2.05) is 24.3 Å². The van der Waals surface area contributed by atoms with Gasteiger partial charge in [-0.25, -0.2) is 4.79 Å². The minimum atomic E-state index is -0.323. The molecular formula is C13H11NO2. The number of hydrogen-bond acceptors (Lipinski definition) is 3. The number of methoxy groups -OCH3 is 1. The van der Waals surface area contributed by atoms with Gasteiger partial charge in [0.25, 0.3) is 0 Å². The number of carbonyl (C=O) groups excluding carboxylic acids is 1. The number of esters is 1. The van der Waals surface area contributed by atoms with E-state index in [-0.39, 0.29) is 5.97 Å². The van der Waals surface area contributed by atoms with Crippen molar-refractivity contribution in [1.82, 2.24) is 4.98 Å². The van der Waals surface area contributed by atoms with E-state index in [0.29, 0.717) is 5.56 Å². The van der Waals surface area contributed by atoms with Crippen LogP contribution < -0.4 is 0 Å². The number of pyridine rings is 1. The number of hydrogen-bond donors (Lipinski definition) is 0. The summed E-state index contributed by atoms with van der Waals surface area (Å²) in [6.07, 6.45) is 3.44. The highest BCUT2D eigenvalue weighted by atomic mass is 16.5. The molecule has 0 bridgehead atoms. The molecule has 0 unspecified atom stereocenters. The quantitative estimate of drug-likeness (QED) is 0.719. The van der Waals surface area contributed by atoms with Crippen LogP contribution >= 0.6 is 0 Å². The highest BCUT2D eigenvalue weighted by Crippen LogP contribution is 2.19. The monoisotopic (exact) mass is 213 g/mol. The van der Waals surface area contributed by atoms with Crippen molar-refractivity contribution in [3.8, 4) is 11.1 Å². The number of rotatable bonds is 2. The van der Waals surface area contributed by atoms with Gasteiger partial charge in [0, 0.05) is 12.4 Å².